The lowest BCUT2D eigenvalue weighted by atomic mass is 10.1. The maximum Gasteiger partial charge on any atom is 0.247 e. The minimum Gasteiger partial charge on any atom is -0.366 e. The van der Waals surface area contributed by atoms with E-state index < -0.39 is 5.82 Å². The fourth-order valence-electron chi connectivity index (χ4n) is 3.93. The Balaban J connectivity index is 1.47. The quantitative estimate of drug-likeness (QED) is 0.618. The topological polar surface area (TPSA) is 98.9 Å². The van der Waals surface area contributed by atoms with Crippen LogP contribution < -0.4 is 15.5 Å². The average Bonchev–Trinajstić information content (AvgIpc) is 3.22. The number of fused-ring (bicyclic) bond motifs is 1. The number of amides is 1. The van der Waals surface area contributed by atoms with E-state index in [-0.39, 0.29) is 11.9 Å². The Hall–Kier alpha value is -3.93. The molecule has 1 aromatic carbocycles. The van der Waals surface area contributed by atoms with Gasteiger partial charge < -0.3 is 15.5 Å². The first-order valence-electron chi connectivity index (χ1n) is 10.4. The molecule has 1 aliphatic rings. The first kappa shape index (κ1) is 21.3. The lowest BCUT2D eigenvalue weighted by Crippen LogP contribution is -2.45. The van der Waals surface area contributed by atoms with E-state index in [0.717, 1.165) is 22.6 Å². The van der Waals surface area contributed by atoms with Gasteiger partial charge in [0, 0.05) is 31.4 Å². The number of pyridine rings is 1. The number of nitriles is 1. The van der Waals surface area contributed by atoms with Gasteiger partial charge in [-0.2, -0.15) is 10.4 Å². The third kappa shape index (κ3) is 4.12. The molecule has 0 fully saturated rings. The third-order valence-electron chi connectivity index (χ3n) is 5.65. The lowest BCUT2D eigenvalue weighted by Gasteiger charge is -2.35. The summed E-state index contributed by atoms with van der Waals surface area (Å²) >= 11 is 0. The van der Waals surface area contributed by atoms with E-state index in [1.807, 2.05) is 44.1 Å². The monoisotopic (exact) mass is 433 g/mol. The highest BCUT2D eigenvalue weighted by atomic mass is 19.1. The number of aromatic nitrogens is 3. The fraction of sp³-hybridized carbons (Fsp3) is 0.304. The summed E-state index contributed by atoms with van der Waals surface area (Å²) in [4.78, 5) is 18.9. The van der Waals surface area contributed by atoms with Crippen molar-refractivity contribution in [1.29, 1.82) is 5.26 Å². The SMILES string of the molecule is CC[C@H]1C(=O)Nc2c(cc(NCc3cnn(Cc4ccc(F)cc4C#N)c3)nc2C)N1C. The third-order valence-corrected chi connectivity index (χ3v) is 5.65. The first-order chi connectivity index (χ1) is 15.4. The molecule has 0 bridgehead atoms. The van der Waals surface area contributed by atoms with Gasteiger partial charge in [0.25, 0.3) is 0 Å². The molecule has 32 heavy (non-hydrogen) atoms. The standard InChI is InChI=1S/C23H24FN7O/c1-4-19-23(32)29-22-14(2)28-21(8-20(22)30(19)3)26-10-15-11-27-31(12-15)13-16-5-6-18(24)7-17(16)9-25/h5-8,11-12,19H,4,10,13H2,1-3H3,(H,26,28)(H,29,32)/t19-/m0/s1. The van der Waals surface area contributed by atoms with Crippen molar-refractivity contribution in [1.82, 2.24) is 14.8 Å². The highest BCUT2D eigenvalue weighted by molar-refractivity contribution is 6.04. The smallest absolute Gasteiger partial charge is 0.247 e. The second-order valence-electron chi connectivity index (χ2n) is 7.82. The maximum absolute atomic E-state index is 13.3. The molecule has 1 atom stereocenters. The summed E-state index contributed by atoms with van der Waals surface area (Å²) in [5.41, 5.74) is 4.37. The van der Waals surface area contributed by atoms with Gasteiger partial charge in [-0.15, -0.1) is 0 Å². The molecule has 2 aromatic heterocycles. The van der Waals surface area contributed by atoms with Crippen LogP contribution in [0.3, 0.4) is 0 Å². The van der Waals surface area contributed by atoms with Gasteiger partial charge in [-0.05, 0) is 31.0 Å². The average molecular weight is 433 g/mol. The van der Waals surface area contributed by atoms with E-state index in [1.54, 1.807) is 16.9 Å². The van der Waals surface area contributed by atoms with Gasteiger partial charge in [0.05, 0.1) is 41.4 Å². The number of anilines is 3. The van der Waals surface area contributed by atoms with Gasteiger partial charge in [-0.25, -0.2) is 9.37 Å². The Labute approximate surface area is 185 Å². The molecule has 0 saturated carbocycles. The van der Waals surface area contributed by atoms with Crippen molar-refractivity contribution in [2.45, 2.75) is 39.4 Å². The molecule has 8 nitrogen and oxygen atoms in total. The maximum atomic E-state index is 13.3. The Morgan fingerprint density at radius 2 is 2.16 bits per heavy atom. The molecule has 164 valence electrons. The summed E-state index contributed by atoms with van der Waals surface area (Å²) in [6.45, 7) is 4.75. The van der Waals surface area contributed by atoms with Crippen LogP contribution >= 0.6 is 0 Å². The number of hydrogen-bond donors (Lipinski definition) is 2. The van der Waals surface area contributed by atoms with Crippen molar-refractivity contribution >= 4 is 23.1 Å². The van der Waals surface area contributed by atoms with Crippen LogP contribution in [0.25, 0.3) is 0 Å². The fourth-order valence-corrected chi connectivity index (χ4v) is 3.93. The number of likely N-dealkylation sites (N-methyl/N-ethyl adjacent to an activating group) is 1. The molecule has 0 spiro atoms. The Morgan fingerprint density at radius 1 is 1.34 bits per heavy atom. The number of nitrogens with one attached hydrogen (secondary N) is 2. The Bertz CT molecular complexity index is 1210. The van der Waals surface area contributed by atoms with Crippen LogP contribution in [0.15, 0.2) is 36.7 Å². The molecule has 2 N–H and O–H groups in total. The zero-order valence-corrected chi connectivity index (χ0v) is 18.2. The number of halogens is 1. The predicted molar refractivity (Wildman–Crippen MR) is 120 cm³/mol. The highest BCUT2D eigenvalue weighted by Crippen LogP contribution is 2.35. The van der Waals surface area contributed by atoms with Gasteiger partial charge >= 0.3 is 0 Å². The molecule has 0 saturated heterocycles. The molecule has 4 rings (SSSR count). The van der Waals surface area contributed by atoms with E-state index >= 15 is 0 Å². The van der Waals surface area contributed by atoms with Gasteiger partial charge in [0.15, 0.2) is 0 Å². The predicted octanol–water partition coefficient (Wildman–Crippen LogP) is 3.42. The number of carbonyl (C=O) groups is 1. The molecule has 1 amide bonds. The summed E-state index contributed by atoms with van der Waals surface area (Å²) in [6.07, 6.45) is 4.34. The first-order valence-corrected chi connectivity index (χ1v) is 10.4. The van der Waals surface area contributed by atoms with Crippen molar-refractivity contribution in [3.05, 3.63) is 64.9 Å². The highest BCUT2D eigenvalue weighted by Gasteiger charge is 2.30. The normalized spacial score (nSPS) is 15.2. The largest absolute Gasteiger partial charge is 0.366 e. The zero-order valence-electron chi connectivity index (χ0n) is 18.2. The van der Waals surface area contributed by atoms with E-state index in [2.05, 4.69) is 20.7 Å². The van der Waals surface area contributed by atoms with E-state index in [4.69, 9.17) is 0 Å². The van der Waals surface area contributed by atoms with Crippen LogP contribution in [0, 0.1) is 24.1 Å². The molecule has 0 aliphatic carbocycles. The Kier molecular flexibility index (Phi) is 5.77. The van der Waals surface area contributed by atoms with Crippen molar-refractivity contribution in [2.75, 3.05) is 22.6 Å². The van der Waals surface area contributed by atoms with E-state index in [1.165, 1.54) is 12.1 Å². The lowest BCUT2D eigenvalue weighted by molar-refractivity contribution is -0.117. The number of hydrogen-bond acceptors (Lipinski definition) is 6. The number of rotatable bonds is 6. The van der Waals surface area contributed by atoms with Gasteiger partial charge in [-0.1, -0.05) is 13.0 Å². The van der Waals surface area contributed by atoms with Crippen molar-refractivity contribution in [3.8, 4) is 6.07 Å². The van der Waals surface area contributed by atoms with E-state index in [9.17, 15) is 14.4 Å². The molecule has 1 aliphatic heterocycles. The second kappa shape index (κ2) is 8.67. The van der Waals surface area contributed by atoms with Crippen molar-refractivity contribution in [2.24, 2.45) is 0 Å². The van der Waals surface area contributed by atoms with Crippen LogP contribution in [0.1, 0.15) is 35.7 Å². The summed E-state index contributed by atoms with van der Waals surface area (Å²) in [5.74, 6) is 0.261. The number of carbonyl (C=O) groups excluding carboxylic acids is 1. The number of benzene rings is 1. The van der Waals surface area contributed by atoms with Crippen LogP contribution in [0.2, 0.25) is 0 Å². The molecular formula is C23H24FN7O. The second-order valence-corrected chi connectivity index (χ2v) is 7.82. The van der Waals surface area contributed by atoms with E-state index in [0.29, 0.717) is 36.5 Å². The minimum absolute atomic E-state index is 0.0127. The summed E-state index contributed by atoms with van der Waals surface area (Å²) < 4.78 is 15.1. The molecular weight excluding hydrogens is 409 g/mol. The molecule has 9 heteroatoms. The van der Waals surface area contributed by atoms with Crippen LogP contribution in [-0.2, 0) is 17.9 Å². The van der Waals surface area contributed by atoms with Crippen LogP contribution in [0.4, 0.5) is 21.6 Å². The summed E-state index contributed by atoms with van der Waals surface area (Å²) in [5, 5.41) is 19.9. The molecule has 0 radical (unpaired) electrons. The van der Waals surface area contributed by atoms with Crippen molar-refractivity contribution in [3.63, 3.8) is 0 Å². The van der Waals surface area contributed by atoms with Crippen molar-refractivity contribution < 1.29 is 9.18 Å². The Morgan fingerprint density at radius 3 is 2.91 bits per heavy atom. The molecule has 0 unspecified atom stereocenters. The molecule has 3 heterocycles. The van der Waals surface area contributed by atoms with Crippen LogP contribution in [0.5, 0.6) is 0 Å². The van der Waals surface area contributed by atoms with Gasteiger partial charge in [0.1, 0.15) is 17.7 Å². The summed E-state index contributed by atoms with van der Waals surface area (Å²) in [6, 6.07) is 7.93. The van der Waals surface area contributed by atoms with Crippen LogP contribution in [-0.4, -0.2) is 33.8 Å². The minimum atomic E-state index is -0.432. The number of nitrogens with zero attached hydrogens (tertiary/aromatic N) is 5. The number of aryl methyl sites for hydroxylation is 1. The zero-order chi connectivity index (χ0) is 22.8. The summed E-state index contributed by atoms with van der Waals surface area (Å²) in [7, 11) is 1.92. The molecule has 3 aromatic rings. The van der Waals surface area contributed by atoms with Gasteiger partial charge in [-0.3, -0.25) is 9.48 Å². The van der Waals surface area contributed by atoms with Gasteiger partial charge in [0.2, 0.25) is 5.91 Å².